The molecule has 0 fully saturated rings. The summed E-state index contributed by atoms with van der Waals surface area (Å²) in [5.41, 5.74) is 3.68. The molecule has 0 aliphatic rings. The highest BCUT2D eigenvalue weighted by Gasteiger charge is 2.14. The summed E-state index contributed by atoms with van der Waals surface area (Å²) in [5.74, 6) is 0.0267. The molecule has 0 atom stereocenters. The van der Waals surface area contributed by atoms with Crippen molar-refractivity contribution in [1.82, 2.24) is 0 Å². The number of phenols is 2. The van der Waals surface area contributed by atoms with Gasteiger partial charge in [-0.1, -0.05) is 41.4 Å². The molecule has 0 saturated heterocycles. The number of hydrogen-bond donors (Lipinski definition) is 5. The lowest BCUT2D eigenvalue weighted by atomic mass is 10.1. The maximum Gasteiger partial charge on any atom is 0.294 e. The minimum atomic E-state index is -4.40. The minimum absolute atomic E-state index is 0.0923. The van der Waals surface area contributed by atoms with Gasteiger partial charge in [-0.2, -0.15) is 8.42 Å². The quantitative estimate of drug-likeness (QED) is 0.0406. The van der Waals surface area contributed by atoms with Crippen LogP contribution in [-0.2, 0) is 32.6 Å². The first kappa shape index (κ1) is 28.5. The van der Waals surface area contributed by atoms with Crippen molar-refractivity contribution in [2.75, 3.05) is 17.3 Å². The van der Waals surface area contributed by atoms with Gasteiger partial charge in [0.2, 0.25) is 0 Å². The van der Waals surface area contributed by atoms with Gasteiger partial charge in [0.15, 0.2) is 0 Å². The van der Waals surface area contributed by atoms with Crippen LogP contribution in [0, 0.1) is 0 Å². The molecule has 5 N–H and O–H groups in total. The van der Waals surface area contributed by atoms with E-state index in [9.17, 15) is 23.2 Å². The number of nitrogens with one attached hydrogen (secondary N) is 1. The summed E-state index contributed by atoms with van der Waals surface area (Å²) in [6.45, 7) is 1.06. The number of phenolic OH excluding ortho intramolecular Hbond substituents is 2. The molecule has 5 aromatic rings. The van der Waals surface area contributed by atoms with Gasteiger partial charge in [0, 0.05) is 58.0 Å². The smallest absolute Gasteiger partial charge is 0.294 e. The average Bonchev–Trinajstić information content (AvgIpc) is 2.95. The van der Waals surface area contributed by atoms with E-state index in [1.807, 2.05) is 37.4 Å². The number of anilines is 2. The summed E-state index contributed by atoms with van der Waals surface area (Å²) in [6, 6.07) is 24.2. The highest BCUT2D eigenvalue weighted by Crippen LogP contribution is 2.36. The van der Waals surface area contributed by atoms with Crippen LogP contribution in [0.15, 0.2) is 94.7 Å². The molecule has 0 saturated carbocycles. The van der Waals surface area contributed by atoms with Gasteiger partial charge < -0.3 is 20.4 Å². The van der Waals surface area contributed by atoms with Crippen molar-refractivity contribution in [2.24, 2.45) is 0 Å². The molecule has 212 valence electrons. The Morgan fingerprint density at radius 2 is 1.54 bits per heavy atom. The number of benzene rings is 5. The van der Waals surface area contributed by atoms with Crippen LogP contribution in [0.1, 0.15) is 11.1 Å². The zero-order chi connectivity index (χ0) is 29.1. The van der Waals surface area contributed by atoms with Crippen molar-refractivity contribution in [1.29, 1.82) is 0 Å². The van der Waals surface area contributed by atoms with Gasteiger partial charge in [-0.15, -0.1) is 4.33 Å². The summed E-state index contributed by atoms with van der Waals surface area (Å²) in [5, 5.41) is 38.5. The van der Waals surface area contributed by atoms with Gasteiger partial charge in [0.25, 0.3) is 10.1 Å². The van der Waals surface area contributed by atoms with Crippen molar-refractivity contribution in [3.05, 3.63) is 96.1 Å². The zero-order valence-electron chi connectivity index (χ0n) is 21.7. The first-order valence-corrected chi connectivity index (χ1v) is 14.5. The SMILES string of the molecule is CN(Cc1cccc(CNc2ccc(O)c3cc(S(=O)(=O)O)ccc23)c1)c1ccc(O)c2cc(SOOO)ccc12. The molecule has 41 heavy (non-hydrogen) atoms. The van der Waals surface area contributed by atoms with Crippen LogP contribution in [0.3, 0.4) is 0 Å². The lowest BCUT2D eigenvalue weighted by Crippen LogP contribution is -2.17. The van der Waals surface area contributed by atoms with Crippen LogP contribution < -0.4 is 10.2 Å². The second-order valence-electron chi connectivity index (χ2n) is 9.38. The topological polar surface area (TPSA) is 149 Å². The van der Waals surface area contributed by atoms with Gasteiger partial charge in [-0.3, -0.25) is 4.55 Å². The molecule has 0 spiro atoms. The summed E-state index contributed by atoms with van der Waals surface area (Å²) in [6.07, 6.45) is 0. The molecule has 0 radical (unpaired) electrons. The van der Waals surface area contributed by atoms with Crippen molar-refractivity contribution >= 4 is 55.1 Å². The lowest BCUT2D eigenvalue weighted by Gasteiger charge is -2.22. The van der Waals surface area contributed by atoms with Gasteiger partial charge in [-0.05, 0) is 59.7 Å². The molecule has 0 bridgehead atoms. The first-order chi connectivity index (χ1) is 19.6. The van der Waals surface area contributed by atoms with E-state index in [4.69, 9.17) is 5.26 Å². The van der Waals surface area contributed by atoms with Gasteiger partial charge in [0.05, 0.1) is 16.9 Å². The Morgan fingerprint density at radius 3 is 2.29 bits per heavy atom. The highest BCUT2D eigenvalue weighted by atomic mass is 32.2. The predicted molar refractivity (Wildman–Crippen MR) is 158 cm³/mol. The van der Waals surface area contributed by atoms with Crippen LogP contribution in [0.4, 0.5) is 11.4 Å². The van der Waals surface area contributed by atoms with E-state index < -0.39 is 10.1 Å². The van der Waals surface area contributed by atoms with E-state index in [2.05, 4.69) is 25.7 Å². The Morgan fingerprint density at radius 1 is 0.829 bits per heavy atom. The van der Waals surface area contributed by atoms with Gasteiger partial charge in [-0.25, -0.2) is 5.26 Å². The molecule has 0 aromatic heterocycles. The number of nitrogens with zero attached hydrogens (tertiary/aromatic N) is 1. The normalized spacial score (nSPS) is 11.7. The summed E-state index contributed by atoms with van der Waals surface area (Å²) < 4.78 is 36.9. The molecular weight excluding hydrogens is 568 g/mol. The molecule has 5 rings (SSSR count). The second kappa shape index (κ2) is 11.8. The lowest BCUT2D eigenvalue weighted by molar-refractivity contribution is -0.432. The fourth-order valence-electron chi connectivity index (χ4n) is 4.76. The van der Waals surface area contributed by atoms with Crippen LogP contribution in [-0.4, -0.2) is 35.5 Å². The molecular formula is C29H26N2O8S2. The van der Waals surface area contributed by atoms with E-state index >= 15 is 0 Å². The number of hydrogen-bond acceptors (Lipinski definition) is 10. The summed E-state index contributed by atoms with van der Waals surface area (Å²) >= 11 is 0.819. The molecule has 10 nitrogen and oxygen atoms in total. The third-order valence-corrected chi connectivity index (χ3v) is 8.10. The fraction of sp³-hybridized carbons (Fsp3) is 0.103. The zero-order valence-corrected chi connectivity index (χ0v) is 23.3. The van der Waals surface area contributed by atoms with Crippen molar-refractivity contribution in [3.63, 3.8) is 0 Å². The van der Waals surface area contributed by atoms with E-state index in [0.717, 1.165) is 34.2 Å². The third-order valence-electron chi connectivity index (χ3n) is 6.67. The third kappa shape index (κ3) is 6.33. The highest BCUT2D eigenvalue weighted by molar-refractivity contribution is 7.94. The maximum atomic E-state index is 11.5. The second-order valence-corrected chi connectivity index (χ2v) is 11.6. The van der Waals surface area contributed by atoms with Gasteiger partial charge in [0.1, 0.15) is 11.5 Å². The van der Waals surface area contributed by atoms with Crippen molar-refractivity contribution in [2.45, 2.75) is 22.9 Å². The minimum Gasteiger partial charge on any atom is -0.507 e. The molecule has 0 amide bonds. The number of aromatic hydroxyl groups is 2. The van der Waals surface area contributed by atoms with E-state index in [0.29, 0.717) is 39.8 Å². The Bertz CT molecular complexity index is 1850. The standard InChI is InChI=1S/C29H26N2O8S2/c1-31(27-10-12-29(33)24-14-20(40-39-38-34)5-7-23(24)27)17-19-4-2-3-18(13-19)16-30-26-9-11-28(32)25-15-21(41(35,36)37)6-8-22(25)26/h2-15,30,32-34H,16-17H2,1H3,(H,35,36,37). The molecule has 12 heteroatoms. The molecule has 5 aromatic carbocycles. The molecule has 0 aliphatic carbocycles. The van der Waals surface area contributed by atoms with Crippen LogP contribution >= 0.6 is 12.0 Å². The monoisotopic (exact) mass is 594 g/mol. The maximum absolute atomic E-state index is 11.5. The van der Waals surface area contributed by atoms with Crippen molar-refractivity contribution in [3.8, 4) is 11.5 Å². The van der Waals surface area contributed by atoms with Gasteiger partial charge >= 0.3 is 0 Å². The number of rotatable bonds is 10. The van der Waals surface area contributed by atoms with Crippen molar-refractivity contribution < 1.29 is 37.8 Å². The largest absolute Gasteiger partial charge is 0.507 e. The molecule has 0 unspecified atom stereocenters. The fourth-order valence-corrected chi connectivity index (χ4v) is 5.66. The van der Waals surface area contributed by atoms with E-state index in [1.54, 1.807) is 30.3 Å². The Balaban J connectivity index is 1.34. The van der Waals surface area contributed by atoms with Crippen LogP contribution in [0.25, 0.3) is 21.5 Å². The van der Waals surface area contributed by atoms with Crippen LogP contribution in [0.5, 0.6) is 11.5 Å². The first-order valence-electron chi connectivity index (χ1n) is 12.3. The Hall–Kier alpha value is -4.04. The molecule has 0 heterocycles. The summed E-state index contributed by atoms with van der Waals surface area (Å²) in [4.78, 5) is 2.43. The van der Waals surface area contributed by atoms with E-state index in [1.165, 1.54) is 18.2 Å². The number of fused-ring (bicyclic) bond motifs is 2. The van der Waals surface area contributed by atoms with E-state index in [-0.39, 0.29) is 16.4 Å². The molecule has 0 aliphatic heterocycles. The Kier molecular flexibility index (Phi) is 8.22. The van der Waals surface area contributed by atoms with Crippen LogP contribution in [0.2, 0.25) is 0 Å². The predicted octanol–water partition coefficient (Wildman–Crippen LogP) is 6.33. The summed E-state index contributed by atoms with van der Waals surface area (Å²) in [7, 11) is -2.44. The average molecular weight is 595 g/mol. The Labute approximate surface area is 240 Å².